The van der Waals surface area contributed by atoms with Gasteiger partial charge in [0.2, 0.25) is 0 Å². The molecule has 0 spiro atoms. The lowest BCUT2D eigenvalue weighted by atomic mass is 10.2. The number of aromatic nitrogens is 1. The second kappa shape index (κ2) is 7.07. The van der Waals surface area contributed by atoms with Gasteiger partial charge in [0.1, 0.15) is 0 Å². The van der Waals surface area contributed by atoms with Crippen LogP contribution in [0.25, 0.3) is 0 Å². The zero-order valence-electron chi connectivity index (χ0n) is 11.1. The van der Waals surface area contributed by atoms with Crippen LogP contribution >= 0.6 is 0 Å². The predicted molar refractivity (Wildman–Crippen MR) is 74.3 cm³/mol. The van der Waals surface area contributed by atoms with Gasteiger partial charge in [-0.15, -0.1) is 6.58 Å². The molecule has 0 aromatic carbocycles. The van der Waals surface area contributed by atoms with Crippen molar-refractivity contribution >= 4 is 5.69 Å². The molecule has 1 aromatic heterocycles. The summed E-state index contributed by atoms with van der Waals surface area (Å²) in [5.74, 6) is 0. The average molecular weight is 233 g/mol. The average Bonchev–Trinajstić information content (AvgIpc) is 2.33. The van der Waals surface area contributed by atoms with Crippen molar-refractivity contribution in [2.24, 2.45) is 0 Å². The standard InChI is InChI=1S/C14H23N3/c1-5-9-17(12(3)4)14-7-8-16-13(10-14)11-15-6-2/h5,7-8,10,12,15H,1,6,9,11H2,2-4H3. The minimum absolute atomic E-state index is 0.461. The molecular formula is C14H23N3. The lowest BCUT2D eigenvalue weighted by molar-refractivity contribution is 0.701. The van der Waals surface area contributed by atoms with Gasteiger partial charge in [-0.25, -0.2) is 0 Å². The Morgan fingerprint density at radius 1 is 1.53 bits per heavy atom. The minimum Gasteiger partial charge on any atom is -0.365 e. The van der Waals surface area contributed by atoms with E-state index in [1.807, 2.05) is 12.3 Å². The first-order chi connectivity index (χ1) is 8.19. The Morgan fingerprint density at radius 2 is 2.29 bits per heavy atom. The Morgan fingerprint density at radius 3 is 2.88 bits per heavy atom. The maximum Gasteiger partial charge on any atom is 0.0562 e. The molecule has 94 valence electrons. The molecule has 0 aliphatic heterocycles. The summed E-state index contributed by atoms with van der Waals surface area (Å²) >= 11 is 0. The smallest absolute Gasteiger partial charge is 0.0562 e. The predicted octanol–water partition coefficient (Wildman–Crippen LogP) is 2.59. The monoisotopic (exact) mass is 233 g/mol. The fraction of sp³-hybridized carbons (Fsp3) is 0.500. The molecule has 0 atom stereocenters. The molecule has 1 heterocycles. The van der Waals surface area contributed by atoms with Crippen LogP contribution in [-0.4, -0.2) is 24.1 Å². The van der Waals surface area contributed by atoms with Gasteiger partial charge in [0, 0.05) is 31.0 Å². The highest BCUT2D eigenvalue weighted by Gasteiger charge is 2.09. The molecule has 0 radical (unpaired) electrons. The van der Waals surface area contributed by atoms with Crippen molar-refractivity contribution in [2.75, 3.05) is 18.0 Å². The maximum absolute atomic E-state index is 4.36. The summed E-state index contributed by atoms with van der Waals surface area (Å²) in [6.45, 7) is 12.9. The topological polar surface area (TPSA) is 28.2 Å². The Bertz CT molecular complexity index is 347. The third kappa shape index (κ3) is 4.19. The molecule has 0 saturated heterocycles. The number of anilines is 1. The van der Waals surface area contributed by atoms with Crippen LogP contribution in [-0.2, 0) is 6.54 Å². The van der Waals surface area contributed by atoms with Crippen LogP contribution in [0.15, 0.2) is 31.0 Å². The fourth-order valence-electron chi connectivity index (χ4n) is 1.75. The van der Waals surface area contributed by atoms with Gasteiger partial charge >= 0.3 is 0 Å². The van der Waals surface area contributed by atoms with Gasteiger partial charge in [0.05, 0.1) is 5.69 Å². The number of nitrogens with zero attached hydrogens (tertiary/aromatic N) is 2. The van der Waals surface area contributed by atoms with Crippen molar-refractivity contribution < 1.29 is 0 Å². The van der Waals surface area contributed by atoms with E-state index in [4.69, 9.17) is 0 Å². The molecular weight excluding hydrogens is 210 g/mol. The van der Waals surface area contributed by atoms with Crippen molar-refractivity contribution in [3.8, 4) is 0 Å². The molecule has 0 fully saturated rings. The highest BCUT2D eigenvalue weighted by molar-refractivity contribution is 5.47. The zero-order chi connectivity index (χ0) is 12.7. The van der Waals surface area contributed by atoms with Crippen molar-refractivity contribution in [3.05, 3.63) is 36.7 Å². The summed E-state index contributed by atoms with van der Waals surface area (Å²) in [7, 11) is 0. The molecule has 1 N–H and O–H groups in total. The first kappa shape index (κ1) is 13.7. The number of rotatable bonds is 7. The van der Waals surface area contributed by atoms with Crippen molar-refractivity contribution in [3.63, 3.8) is 0 Å². The summed E-state index contributed by atoms with van der Waals surface area (Å²) in [5, 5.41) is 3.29. The fourth-order valence-corrected chi connectivity index (χ4v) is 1.75. The van der Waals surface area contributed by atoms with Crippen LogP contribution in [0.4, 0.5) is 5.69 Å². The first-order valence-corrected chi connectivity index (χ1v) is 6.22. The van der Waals surface area contributed by atoms with Gasteiger partial charge in [0.15, 0.2) is 0 Å². The summed E-state index contributed by atoms with van der Waals surface area (Å²) < 4.78 is 0. The summed E-state index contributed by atoms with van der Waals surface area (Å²) in [4.78, 5) is 6.67. The quantitative estimate of drug-likeness (QED) is 0.734. The molecule has 17 heavy (non-hydrogen) atoms. The molecule has 1 rings (SSSR count). The second-order valence-electron chi connectivity index (χ2n) is 4.32. The van der Waals surface area contributed by atoms with Crippen LogP contribution in [0.1, 0.15) is 26.5 Å². The normalized spacial score (nSPS) is 10.6. The molecule has 0 aliphatic rings. The van der Waals surface area contributed by atoms with E-state index >= 15 is 0 Å². The molecule has 0 saturated carbocycles. The molecule has 0 aliphatic carbocycles. The molecule has 0 bridgehead atoms. The summed E-state index contributed by atoms with van der Waals surface area (Å²) in [5.41, 5.74) is 2.29. The molecule has 3 nitrogen and oxygen atoms in total. The van der Waals surface area contributed by atoms with E-state index < -0.39 is 0 Å². The Balaban J connectivity index is 2.83. The molecule has 1 aromatic rings. The Labute approximate surface area is 105 Å². The highest BCUT2D eigenvalue weighted by Crippen LogP contribution is 2.17. The zero-order valence-corrected chi connectivity index (χ0v) is 11.1. The van der Waals surface area contributed by atoms with E-state index in [2.05, 4.69) is 54.7 Å². The number of nitrogens with one attached hydrogen (secondary N) is 1. The summed E-state index contributed by atoms with van der Waals surface area (Å²) in [6, 6.07) is 4.66. The van der Waals surface area contributed by atoms with Crippen molar-refractivity contribution in [1.82, 2.24) is 10.3 Å². The second-order valence-corrected chi connectivity index (χ2v) is 4.32. The third-order valence-corrected chi connectivity index (χ3v) is 2.64. The van der Waals surface area contributed by atoms with Gasteiger partial charge in [0.25, 0.3) is 0 Å². The van der Waals surface area contributed by atoms with Crippen LogP contribution in [0, 0.1) is 0 Å². The van der Waals surface area contributed by atoms with Gasteiger partial charge in [-0.1, -0.05) is 13.0 Å². The Kier molecular flexibility index (Phi) is 5.70. The third-order valence-electron chi connectivity index (χ3n) is 2.64. The number of hydrogen-bond acceptors (Lipinski definition) is 3. The van der Waals surface area contributed by atoms with Gasteiger partial charge in [-0.2, -0.15) is 0 Å². The largest absolute Gasteiger partial charge is 0.365 e. The highest BCUT2D eigenvalue weighted by atomic mass is 15.1. The van der Waals surface area contributed by atoms with Crippen LogP contribution in [0.2, 0.25) is 0 Å². The first-order valence-electron chi connectivity index (χ1n) is 6.22. The molecule has 3 heteroatoms. The number of pyridine rings is 1. The lowest BCUT2D eigenvalue weighted by Gasteiger charge is -2.27. The number of hydrogen-bond donors (Lipinski definition) is 1. The van der Waals surface area contributed by atoms with Gasteiger partial charge in [-0.3, -0.25) is 4.98 Å². The van der Waals surface area contributed by atoms with Crippen LogP contribution in [0.5, 0.6) is 0 Å². The van der Waals surface area contributed by atoms with E-state index in [9.17, 15) is 0 Å². The van der Waals surface area contributed by atoms with E-state index in [1.165, 1.54) is 5.69 Å². The SMILES string of the molecule is C=CCN(c1ccnc(CNCC)c1)C(C)C. The molecule has 0 unspecified atom stereocenters. The van der Waals surface area contributed by atoms with E-state index in [0.29, 0.717) is 6.04 Å². The van der Waals surface area contributed by atoms with Crippen LogP contribution in [0.3, 0.4) is 0 Å². The molecule has 0 amide bonds. The van der Waals surface area contributed by atoms with E-state index in [1.54, 1.807) is 0 Å². The van der Waals surface area contributed by atoms with E-state index in [-0.39, 0.29) is 0 Å². The maximum atomic E-state index is 4.36. The van der Waals surface area contributed by atoms with Crippen molar-refractivity contribution in [2.45, 2.75) is 33.4 Å². The van der Waals surface area contributed by atoms with Crippen molar-refractivity contribution in [1.29, 1.82) is 0 Å². The minimum atomic E-state index is 0.461. The van der Waals surface area contributed by atoms with Gasteiger partial charge in [-0.05, 0) is 32.5 Å². The lowest BCUT2D eigenvalue weighted by Crippen LogP contribution is -2.31. The van der Waals surface area contributed by atoms with Crippen LogP contribution < -0.4 is 10.2 Å². The van der Waals surface area contributed by atoms with E-state index in [0.717, 1.165) is 25.3 Å². The van der Waals surface area contributed by atoms with Gasteiger partial charge < -0.3 is 10.2 Å². The summed E-state index contributed by atoms with van der Waals surface area (Å²) in [6.07, 6.45) is 3.81. The Hall–Kier alpha value is -1.35.